The van der Waals surface area contributed by atoms with E-state index in [0.29, 0.717) is 18.4 Å². The Bertz CT molecular complexity index is 279. The molecule has 1 N–H and O–H groups in total. The highest BCUT2D eigenvalue weighted by atomic mass is 16.5. The Labute approximate surface area is 111 Å². The number of nitrogens with one attached hydrogen (secondary N) is 1. The molecule has 1 saturated heterocycles. The number of ether oxygens (including phenoxy) is 1. The molecule has 1 heterocycles. The van der Waals surface area contributed by atoms with Crippen LogP contribution in [-0.4, -0.2) is 42.8 Å². The van der Waals surface area contributed by atoms with Crippen molar-refractivity contribution < 1.29 is 9.53 Å². The molecule has 0 aromatic carbocycles. The van der Waals surface area contributed by atoms with Gasteiger partial charge < -0.3 is 9.64 Å². The fraction of sp³-hybridized carbons (Fsp3) is 0.929. The third-order valence-corrected chi connectivity index (χ3v) is 3.47. The Morgan fingerprint density at radius 2 is 1.89 bits per heavy atom. The highest BCUT2D eigenvalue weighted by molar-refractivity contribution is 5.84. The summed E-state index contributed by atoms with van der Waals surface area (Å²) in [5.74, 6) is 1.12. The number of hydrogen-bond donors (Lipinski definition) is 1. The molecule has 0 saturated carbocycles. The summed E-state index contributed by atoms with van der Waals surface area (Å²) < 4.78 is 5.19. The molecule has 1 fully saturated rings. The zero-order valence-corrected chi connectivity index (χ0v) is 12.6. The van der Waals surface area contributed by atoms with Crippen molar-refractivity contribution in [1.82, 2.24) is 10.2 Å². The normalized spacial score (nSPS) is 26.4. The summed E-state index contributed by atoms with van der Waals surface area (Å²) in [6.45, 7) is 11.2. The van der Waals surface area contributed by atoms with Gasteiger partial charge in [0.1, 0.15) is 0 Å². The Hall–Kier alpha value is -0.610. The summed E-state index contributed by atoms with van der Waals surface area (Å²) in [7, 11) is 1.68. The summed E-state index contributed by atoms with van der Waals surface area (Å²) in [5, 5.41) is 3.48. The molecule has 1 aliphatic heterocycles. The maximum absolute atomic E-state index is 12.5. The van der Waals surface area contributed by atoms with E-state index in [2.05, 4.69) is 39.9 Å². The molecule has 1 amide bonds. The molecule has 0 bridgehead atoms. The van der Waals surface area contributed by atoms with Crippen LogP contribution in [0.2, 0.25) is 0 Å². The van der Waals surface area contributed by atoms with Crippen LogP contribution in [0.3, 0.4) is 0 Å². The maximum atomic E-state index is 12.5. The summed E-state index contributed by atoms with van der Waals surface area (Å²) in [5.41, 5.74) is 0. The smallest absolute Gasteiger partial charge is 0.241 e. The first kappa shape index (κ1) is 15.4. The van der Waals surface area contributed by atoms with Gasteiger partial charge in [-0.2, -0.15) is 0 Å². The van der Waals surface area contributed by atoms with E-state index >= 15 is 0 Å². The third-order valence-electron chi connectivity index (χ3n) is 3.47. The van der Waals surface area contributed by atoms with Crippen molar-refractivity contribution in [2.24, 2.45) is 11.8 Å². The number of methoxy groups -OCH3 is 1. The summed E-state index contributed by atoms with van der Waals surface area (Å²) >= 11 is 0. The van der Waals surface area contributed by atoms with E-state index in [0.717, 1.165) is 6.42 Å². The van der Waals surface area contributed by atoms with Crippen LogP contribution in [0.1, 0.15) is 41.0 Å². The third kappa shape index (κ3) is 3.45. The first-order chi connectivity index (χ1) is 8.38. The van der Waals surface area contributed by atoms with E-state index in [1.165, 1.54) is 0 Å². The molecule has 4 heteroatoms. The lowest BCUT2D eigenvalue weighted by Crippen LogP contribution is -2.45. The van der Waals surface area contributed by atoms with Crippen LogP contribution in [0.15, 0.2) is 0 Å². The Kier molecular flexibility index (Phi) is 5.60. The van der Waals surface area contributed by atoms with Gasteiger partial charge in [-0.05, 0) is 25.2 Å². The fourth-order valence-electron chi connectivity index (χ4n) is 2.62. The highest BCUT2D eigenvalue weighted by Crippen LogP contribution is 2.23. The van der Waals surface area contributed by atoms with Gasteiger partial charge in [0.25, 0.3) is 0 Å². The van der Waals surface area contributed by atoms with Gasteiger partial charge in [-0.3, -0.25) is 10.1 Å². The van der Waals surface area contributed by atoms with Gasteiger partial charge in [-0.25, -0.2) is 0 Å². The van der Waals surface area contributed by atoms with E-state index in [-0.39, 0.29) is 24.2 Å². The lowest BCUT2D eigenvalue weighted by Gasteiger charge is -2.30. The number of hydrogen-bond acceptors (Lipinski definition) is 3. The molecule has 0 radical (unpaired) electrons. The van der Waals surface area contributed by atoms with Crippen LogP contribution in [0, 0.1) is 11.8 Å². The van der Waals surface area contributed by atoms with E-state index < -0.39 is 0 Å². The Morgan fingerprint density at radius 3 is 2.33 bits per heavy atom. The van der Waals surface area contributed by atoms with Crippen LogP contribution in [0.5, 0.6) is 0 Å². The largest absolute Gasteiger partial charge is 0.383 e. The quantitative estimate of drug-likeness (QED) is 0.788. The van der Waals surface area contributed by atoms with E-state index in [1.807, 2.05) is 4.90 Å². The monoisotopic (exact) mass is 256 g/mol. The van der Waals surface area contributed by atoms with Crippen LogP contribution < -0.4 is 5.32 Å². The van der Waals surface area contributed by atoms with Crippen LogP contribution in [-0.2, 0) is 9.53 Å². The second-order valence-corrected chi connectivity index (χ2v) is 6.08. The lowest BCUT2D eigenvalue weighted by molar-refractivity contribution is -0.133. The lowest BCUT2D eigenvalue weighted by atomic mass is 10.0. The zero-order chi connectivity index (χ0) is 13.9. The van der Waals surface area contributed by atoms with Gasteiger partial charge in [-0.1, -0.05) is 27.7 Å². The predicted molar refractivity (Wildman–Crippen MR) is 73.2 cm³/mol. The molecule has 0 aliphatic carbocycles. The average Bonchev–Trinajstić information content (AvgIpc) is 2.55. The maximum Gasteiger partial charge on any atom is 0.241 e. The van der Waals surface area contributed by atoms with Crippen molar-refractivity contribution in [1.29, 1.82) is 0 Å². The summed E-state index contributed by atoms with van der Waals surface area (Å²) in [6.07, 6.45) is 1.14. The van der Waals surface area contributed by atoms with Gasteiger partial charge in [-0.15, -0.1) is 0 Å². The minimum Gasteiger partial charge on any atom is -0.383 e. The average molecular weight is 256 g/mol. The molecule has 106 valence electrons. The van der Waals surface area contributed by atoms with Crippen molar-refractivity contribution in [3.05, 3.63) is 0 Å². The second kappa shape index (κ2) is 6.53. The predicted octanol–water partition coefficient (Wildman–Crippen LogP) is 1.85. The molecule has 0 aromatic rings. The topological polar surface area (TPSA) is 41.6 Å². The highest BCUT2D eigenvalue weighted by Gasteiger charge is 2.42. The second-order valence-electron chi connectivity index (χ2n) is 6.08. The number of carbonyl (C=O) groups excluding carboxylic acids is 1. The van der Waals surface area contributed by atoms with Crippen molar-refractivity contribution in [3.8, 4) is 0 Å². The molecular weight excluding hydrogens is 228 g/mol. The molecule has 0 spiro atoms. The summed E-state index contributed by atoms with van der Waals surface area (Å²) in [6, 6.07) is 0.0792. The molecule has 0 aromatic heterocycles. The van der Waals surface area contributed by atoms with Crippen molar-refractivity contribution in [2.45, 2.75) is 59.3 Å². The van der Waals surface area contributed by atoms with Gasteiger partial charge in [0.05, 0.1) is 24.9 Å². The first-order valence-electron chi connectivity index (χ1n) is 6.95. The fourth-order valence-corrected chi connectivity index (χ4v) is 2.62. The summed E-state index contributed by atoms with van der Waals surface area (Å²) in [4.78, 5) is 14.4. The van der Waals surface area contributed by atoms with Gasteiger partial charge >= 0.3 is 0 Å². The van der Waals surface area contributed by atoms with Crippen molar-refractivity contribution in [3.63, 3.8) is 0 Å². The van der Waals surface area contributed by atoms with E-state index in [9.17, 15) is 4.79 Å². The first-order valence-corrected chi connectivity index (χ1v) is 6.95. The number of rotatable bonds is 6. The molecule has 1 aliphatic rings. The van der Waals surface area contributed by atoms with E-state index in [1.54, 1.807) is 7.11 Å². The molecule has 3 unspecified atom stereocenters. The Morgan fingerprint density at radius 1 is 1.28 bits per heavy atom. The molecule has 3 atom stereocenters. The molecular formula is C14H28N2O2. The van der Waals surface area contributed by atoms with Gasteiger partial charge in [0.2, 0.25) is 5.91 Å². The molecule has 1 rings (SSSR count). The number of carbonyl (C=O) groups is 1. The SMILES string of the molecule is COCC(C)N1C(=O)C(C(C)C)NC1CC(C)C. The molecule has 4 nitrogen and oxygen atoms in total. The van der Waals surface area contributed by atoms with Gasteiger partial charge in [0, 0.05) is 7.11 Å². The van der Waals surface area contributed by atoms with Crippen LogP contribution in [0.25, 0.3) is 0 Å². The van der Waals surface area contributed by atoms with Crippen molar-refractivity contribution in [2.75, 3.05) is 13.7 Å². The molecule has 18 heavy (non-hydrogen) atoms. The number of nitrogens with zero attached hydrogens (tertiary/aromatic N) is 1. The number of amides is 1. The zero-order valence-electron chi connectivity index (χ0n) is 12.6. The van der Waals surface area contributed by atoms with E-state index in [4.69, 9.17) is 4.74 Å². The standard InChI is InChI=1S/C14H28N2O2/c1-9(2)7-12-15-13(10(3)4)14(17)16(12)11(5)8-18-6/h9-13,15H,7-8H2,1-6H3. The Balaban J connectivity index is 2.82. The van der Waals surface area contributed by atoms with Crippen molar-refractivity contribution >= 4 is 5.91 Å². The van der Waals surface area contributed by atoms with Crippen LogP contribution >= 0.6 is 0 Å². The van der Waals surface area contributed by atoms with Gasteiger partial charge in [0.15, 0.2) is 0 Å². The minimum absolute atomic E-state index is 0.0481. The van der Waals surface area contributed by atoms with Crippen LogP contribution in [0.4, 0.5) is 0 Å². The minimum atomic E-state index is -0.0481.